The zero-order valence-corrected chi connectivity index (χ0v) is 18.0. The van der Waals surface area contributed by atoms with Gasteiger partial charge in [0.2, 0.25) is 0 Å². The number of ether oxygens (including phenoxy) is 3. The Kier molecular flexibility index (Phi) is 10.1. The van der Waals surface area contributed by atoms with Gasteiger partial charge in [0.05, 0.1) is 19.6 Å². The third kappa shape index (κ3) is 8.50. The van der Waals surface area contributed by atoms with Crippen molar-refractivity contribution in [1.82, 2.24) is 5.32 Å². The molecule has 0 aliphatic carbocycles. The Balaban J connectivity index is 1.68. The molecule has 0 aliphatic heterocycles. The largest absolute Gasteiger partial charge is 0.490 e. The van der Waals surface area contributed by atoms with Crippen LogP contribution in [-0.2, 0) is 20.7 Å². The second-order valence-corrected chi connectivity index (χ2v) is 6.70. The van der Waals surface area contributed by atoms with Crippen LogP contribution in [-0.4, -0.2) is 44.0 Å². The van der Waals surface area contributed by atoms with E-state index in [-0.39, 0.29) is 25.2 Å². The fourth-order valence-corrected chi connectivity index (χ4v) is 2.85. The number of carbonyl (C=O) groups is 3. The van der Waals surface area contributed by atoms with Crippen LogP contribution in [0.5, 0.6) is 11.5 Å². The van der Waals surface area contributed by atoms with Crippen molar-refractivity contribution >= 4 is 17.7 Å². The molecule has 31 heavy (non-hydrogen) atoms. The number of ketones is 1. The molecule has 0 aromatic heterocycles. The molecule has 0 fully saturated rings. The molecule has 2 aromatic rings. The Hall–Kier alpha value is -3.35. The molecule has 0 atom stereocenters. The first-order valence-corrected chi connectivity index (χ1v) is 10.4. The Bertz CT molecular complexity index is 866. The van der Waals surface area contributed by atoms with Gasteiger partial charge >= 0.3 is 5.97 Å². The van der Waals surface area contributed by atoms with E-state index in [1.807, 2.05) is 38.1 Å². The molecular weight excluding hydrogens is 398 g/mol. The lowest BCUT2D eigenvalue weighted by Crippen LogP contribution is -2.30. The summed E-state index contributed by atoms with van der Waals surface area (Å²) < 4.78 is 16.1. The normalized spacial score (nSPS) is 10.3. The van der Waals surface area contributed by atoms with Crippen molar-refractivity contribution in [3.8, 4) is 11.5 Å². The maximum absolute atomic E-state index is 12.0. The van der Waals surface area contributed by atoms with Gasteiger partial charge in [0.15, 0.2) is 23.9 Å². The first kappa shape index (κ1) is 23.9. The highest BCUT2D eigenvalue weighted by Gasteiger charge is 2.12. The molecule has 1 N–H and O–H groups in total. The number of benzene rings is 2. The summed E-state index contributed by atoms with van der Waals surface area (Å²) in [6, 6.07) is 14.4. The maximum atomic E-state index is 12.0. The molecule has 2 rings (SSSR count). The van der Waals surface area contributed by atoms with Gasteiger partial charge in [-0.15, -0.1) is 0 Å². The zero-order chi connectivity index (χ0) is 22.5. The van der Waals surface area contributed by atoms with Crippen molar-refractivity contribution in [2.24, 2.45) is 0 Å². The number of rotatable bonds is 13. The SMILES string of the molecule is CCOc1ccc(CCNC(=O)COC(=O)CCC(=O)c2ccccc2)cc1OCC. The summed E-state index contributed by atoms with van der Waals surface area (Å²) in [5, 5.41) is 2.71. The van der Waals surface area contributed by atoms with Crippen LogP contribution in [0.2, 0.25) is 0 Å². The van der Waals surface area contributed by atoms with E-state index in [1.54, 1.807) is 24.3 Å². The van der Waals surface area contributed by atoms with Gasteiger partial charge in [-0.1, -0.05) is 36.4 Å². The molecule has 0 saturated carbocycles. The Morgan fingerprint density at radius 3 is 2.29 bits per heavy atom. The predicted octanol–water partition coefficient (Wildman–Crippen LogP) is 3.35. The van der Waals surface area contributed by atoms with E-state index in [9.17, 15) is 14.4 Å². The van der Waals surface area contributed by atoms with Crippen LogP contribution >= 0.6 is 0 Å². The Morgan fingerprint density at radius 1 is 0.871 bits per heavy atom. The zero-order valence-electron chi connectivity index (χ0n) is 18.0. The average Bonchev–Trinajstić information content (AvgIpc) is 2.78. The quantitative estimate of drug-likeness (QED) is 0.389. The van der Waals surface area contributed by atoms with Gasteiger partial charge in [0, 0.05) is 18.5 Å². The minimum atomic E-state index is -0.577. The van der Waals surface area contributed by atoms with Gasteiger partial charge in [-0.2, -0.15) is 0 Å². The number of hydrogen-bond donors (Lipinski definition) is 1. The second-order valence-electron chi connectivity index (χ2n) is 6.70. The highest BCUT2D eigenvalue weighted by atomic mass is 16.5. The summed E-state index contributed by atoms with van der Waals surface area (Å²) in [6.45, 7) is 4.92. The molecule has 166 valence electrons. The van der Waals surface area contributed by atoms with Crippen LogP contribution in [0.3, 0.4) is 0 Å². The topological polar surface area (TPSA) is 90.9 Å². The molecule has 7 nitrogen and oxygen atoms in total. The predicted molar refractivity (Wildman–Crippen MR) is 116 cm³/mol. The molecule has 1 amide bonds. The van der Waals surface area contributed by atoms with E-state index in [0.29, 0.717) is 43.2 Å². The fourth-order valence-electron chi connectivity index (χ4n) is 2.85. The number of nitrogens with one attached hydrogen (secondary N) is 1. The molecular formula is C24H29NO6. The monoisotopic (exact) mass is 427 g/mol. The molecule has 0 radical (unpaired) electrons. The van der Waals surface area contributed by atoms with Crippen molar-refractivity contribution < 1.29 is 28.6 Å². The van der Waals surface area contributed by atoms with E-state index in [4.69, 9.17) is 14.2 Å². The first-order chi connectivity index (χ1) is 15.0. The number of amides is 1. The molecule has 0 aliphatic rings. The molecule has 0 spiro atoms. The van der Waals surface area contributed by atoms with E-state index in [0.717, 1.165) is 5.56 Å². The second kappa shape index (κ2) is 13.1. The molecule has 0 unspecified atom stereocenters. The van der Waals surface area contributed by atoms with Gasteiger partial charge in [-0.05, 0) is 38.0 Å². The van der Waals surface area contributed by atoms with Crippen LogP contribution in [0.1, 0.15) is 42.6 Å². The van der Waals surface area contributed by atoms with Crippen molar-refractivity contribution in [2.45, 2.75) is 33.1 Å². The van der Waals surface area contributed by atoms with Gasteiger partial charge in [0.25, 0.3) is 5.91 Å². The number of carbonyl (C=O) groups excluding carboxylic acids is 3. The number of hydrogen-bond acceptors (Lipinski definition) is 6. The van der Waals surface area contributed by atoms with Crippen LogP contribution in [0.25, 0.3) is 0 Å². The minimum absolute atomic E-state index is 0.0460. The van der Waals surface area contributed by atoms with Crippen molar-refractivity contribution in [1.29, 1.82) is 0 Å². The van der Waals surface area contributed by atoms with E-state index >= 15 is 0 Å². The van der Waals surface area contributed by atoms with Gasteiger partial charge < -0.3 is 19.5 Å². The summed E-state index contributed by atoms with van der Waals surface area (Å²) in [4.78, 5) is 35.7. The molecule has 0 saturated heterocycles. The van der Waals surface area contributed by atoms with Crippen molar-refractivity contribution in [2.75, 3.05) is 26.4 Å². The lowest BCUT2D eigenvalue weighted by molar-refractivity contribution is -0.148. The third-order valence-corrected chi connectivity index (χ3v) is 4.36. The average molecular weight is 427 g/mol. The lowest BCUT2D eigenvalue weighted by Gasteiger charge is -2.12. The Morgan fingerprint density at radius 2 is 1.58 bits per heavy atom. The third-order valence-electron chi connectivity index (χ3n) is 4.36. The molecule has 0 heterocycles. The smallest absolute Gasteiger partial charge is 0.306 e. The van der Waals surface area contributed by atoms with E-state index < -0.39 is 11.9 Å². The van der Waals surface area contributed by atoms with Crippen molar-refractivity contribution in [3.63, 3.8) is 0 Å². The van der Waals surface area contributed by atoms with Crippen LogP contribution in [0.4, 0.5) is 0 Å². The summed E-state index contributed by atoms with van der Waals surface area (Å²) >= 11 is 0. The Labute approximate surface area is 182 Å². The van der Waals surface area contributed by atoms with Gasteiger partial charge in [0.1, 0.15) is 0 Å². The van der Waals surface area contributed by atoms with Gasteiger partial charge in [-0.3, -0.25) is 14.4 Å². The first-order valence-electron chi connectivity index (χ1n) is 10.4. The van der Waals surface area contributed by atoms with Crippen LogP contribution in [0.15, 0.2) is 48.5 Å². The molecule has 2 aromatic carbocycles. The van der Waals surface area contributed by atoms with Crippen LogP contribution in [0, 0.1) is 0 Å². The van der Waals surface area contributed by atoms with E-state index in [1.165, 1.54) is 0 Å². The maximum Gasteiger partial charge on any atom is 0.306 e. The highest BCUT2D eigenvalue weighted by molar-refractivity contribution is 5.97. The summed E-state index contributed by atoms with van der Waals surface area (Å²) in [5.41, 5.74) is 1.54. The summed E-state index contributed by atoms with van der Waals surface area (Å²) in [7, 11) is 0. The summed E-state index contributed by atoms with van der Waals surface area (Å²) in [5.74, 6) is 0.261. The lowest BCUT2D eigenvalue weighted by atomic mass is 10.1. The number of Topliss-reactive ketones (excluding diaryl/α,β-unsaturated/α-hetero) is 1. The standard InChI is InChI=1S/C24H29NO6/c1-3-29-21-12-10-18(16-22(21)30-4-2)14-15-25-23(27)17-31-24(28)13-11-20(26)19-8-6-5-7-9-19/h5-10,12,16H,3-4,11,13-15,17H2,1-2H3,(H,25,27). The molecule has 7 heteroatoms. The molecule has 0 bridgehead atoms. The number of esters is 1. The minimum Gasteiger partial charge on any atom is -0.490 e. The van der Waals surface area contributed by atoms with Crippen molar-refractivity contribution in [3.05, 3.63) is 59.7 Å². The summed E-state index contributed by atoms with van der Waals surface area (Å²) in [6.07, 6.45) is 0.579. The van der Waals surface area contributed by atoms with Gasteiger partial charge in [-0.25, -0.2) is 0 Å². The van der Waals surface area contributed by atoms with Crippen LogP contribution < -0.4 is 14.8 Å². The van der Waals surface area contributed by atoms with E-state index in [2.05, 4.69) is 5.32 Å². The highest BCUT2D eigenvalue weighted by Crippen LogP contribution is 2.28. The fraction of sp³-hybridized carbons (Fsp3) is 0.375.